The van der Waals surface area contributed by atoms with Gasteiger partial charge in [-0.2, -0.15) is 5.10 Å². The first-order valence-corrected chi connectivity index (χ1v) is 9.37. The minimum absolute atomic E-state index is 0.390. The fourth-order valence-electron chi connectivity index (χ4n) is 4.41. The maximum atomic E-state index is 5.88. The van der Waals surface area contributed by atoms with Crippen LogP contribution in [0.25, 0.3) is 0 Å². The molecule has 2 aromatic heterocycles. The zero-order chi connectivity index (χ0) is 17.4. The second kappa shape index (κ2) is 6.45. The molecule has 5 heteroatoms. The average Bonchev–Trinajstić information content (AvgIpc) is 3.11. The fraction of sp³-hybridized carbons (Fsp3) is 0.600. The first kappa shape index (κ1) is 16.6. The number of anilines is 1. The van der Waals surface area contributed by atoms with Crippen molar-refractivity contribution in [3.63, 3.8) is 0 Å². The van der Waals surface area contributed by atoms with Gasteiger partial charge in [-0.15, -0.1) is 5.10 Å². The minimum atomic E-state index is 0.390. The molecule has 0 N–H and O–H groups in total. The molecule has 0 radical (unpaired) electrons. The van der Waals surface area contributed by atoms with Gasteiger partial charge in [-0.25, -0.2) is 0 Å². The molecule has 4 rings (SSSR count). The van der Waals surface area contributed by atoms with Crippen LogP contribution < -0.4 is 4.90 Å². The van der Waals surface area contributed by atoms with E-state index in [0.717, 1.165) is 55.8 Å². The van der Waals surface area contributed by atoms with E-state index in [-0.39, 0.29) is 0 Å². The Balaban J connectivity index is 1.42. The molecule has 2 saturated heterocycles. The zero-order valence-corrected chi connectivity index (χ0v) is 15.6. The number of hydrogen-bond acceptors (Lipinski definition) is 5. The summed E-state index contributed by atoms with van der Waals surface area (Å²) in [5, 5.41) is 8.64. The molecule has 2 aliphatic heterocycles. The fourth-order valence-corrected chi connectivity index (χ4v) is 4.41. The Morgan fingerprint density at radius 1 is 1.08 bits per heavy atom. The lowest BCUT2D eigenvalue weighted by atomic mass is 9.79. The Kier molecular flexibility index (Phi) is 4.28. The first-order valence-electron chi connectivity index (χ1n) is 9.37. The Morgan fingerprint density at radius 2 is 1.96 bits per heavy atom. The molecule has 134 valence electrons. The predicted molar refractivity (Wildman–Crippen MR) is 98.7 cm³/mol. The number of rotatable bonds is 3. The molecule has 0 aliphatic carbocycles. The molecular formula is C20H28N4O. The van der Waals surface area contributed by atoms with Gasteiger partial charge >= 0.3 is 0 Å². The van der Waals surface area contributed by atoms with Gasteiger partial charge in [0.05, 0.1) is 12.2 Å². The number of nitrogens with zero attached hydrogens (tertiary/aromatic N) is 4. The van der Waals surface area contributed by atoms with Crippen molar-refractivity contribution in [3.05, 3.63) is 41.0 Å². The third kappa shape index (κ3) is 3.43. The summed E-state index contributed by atoms with van der Waals surface area (Å²) in [6.45, 7) is 11.6. The molecule has 5 nitrogen and oxygen atoms in total. The molecule has 0 saturated carbocycles. The van der Waals surface area contributed by atoms with Crippen molar-refractivity contribution in [1.29, 1.82) is 0 Å². The molecule has 2 fully saturated rings. The highest BCUT2D eigenvalue weighted by atomic mass is 16.3. The third-order valence-electron chi connectivity index (χ3n) is 5.88. The minimum Gasteiger partial charge on any atom is -0.465 e. The van der Waals surface area contributed by atoms with E-state index >= 15 is 0 Å². The van der Waals surface area contributed by atoms with Crippen LogP contribution >= 0.6 is 0 Å². The van der Waals surface area contributed by atoms with Gasteiger partial charge in [0, 0.05) is 25.0 Å². The van der Waals surface area contributed by atoms with Crippen molar-refractivity contribution >= 4 is 5.82 Å². The van der Waals surface area contributed by atoms with Gasteiger partial charge in [-0.05, 0) is 70.3 Å². The first-order chi connectivity index (χ1) is 12.0. The summed E-state index contributed by atoms with van der Waals surface area (Å²) in [6.07, 6.45) is 3.82. The second-order valence-electron chi connectivity index (χ2n) is 7.97. The van der Waals surface area contributed by atoms with Crippen LogP contribution in [0.2, 0.25) is 0 Å². The summed E-state index contributed by atoms with van der Waals surface area (Å²) in [6, 6.07) is 6.37. The maximum absolute atomic E-state index is 5.88. The average molecular weight is 340 g/mol. The summed E-state index contributed by atoms with van der Waals surface area (Å²) >= 11 is 0. The summed E-state index contributed by atoms with van der Waals surface area (Å²) in [7, 11) is 0. The number of furan rings is 1. The Labute approximate surface area is 150 Å². The number of piperidine rings is 1. The lowest BCUT2D eigenvalue weighted by Gasteiger charge is -2.41. The molecule has 0 amide bonds. The lowest BCUT2D eigenvalue weighted by molar-refractivity contribution is 0.208. The monoisotopic (exact) mass is 340 g/mol. The normalized spacial score (nSPS) is 24.4. The molecule has 25 heavy (non-hydrogen) atoms. The largest absolute Gasteiger partial charge is 0.465 e. The van der Waals surface area contributed by atoms with Crippen molar-refractivity contribution in [2.24, 2.45) is 5.41 Å². The van der Waals surface area contributed by atoms with Gasteiger partial charge in [0.15, 0.2) is 5.82 Å². The quantitative estimate of drug-likeness (QED) is 0.856. The molecular weight excluding hydrogens is 312 g/mol. The molecule has 4 heterocycles. The highest BCUT2D eigenvalue weighted by molar-refractivity contribution is 5.38. The van der Waals surface area contributed by atoms with E-state index in [1.165, 1.54) is 24.8 Å². The Bertz CT molecular complexity index is 719. The Morgan fingerprint density at radius 3 is 2.68 bits per heavy atom. The highest BCUT2D eigenvalue weighted by Gasteiger charge is 2.41. The van der Waals surface area contributed by atoms with E-state index in [1.54, 1.807) is 0 Å². The third-order valence-corrected chi connectivity index (χ3v) is 5.88. The van der Waals surface area contributed by atoms with Crippen molar-refractivity contribution in [1.82, 2.24) is 15.1 Å². The summed E-state index contributed by atoms with van der Waals surface area (Å²) in [5.74, 6) is 3.18. The second-order valence-corrected chi connectivity index (χ2v) is 7.97. The lowest BCUT2D eigenvalue weighted by Crippen LogP contribution is -2.45. The van der Waals surface area contributed by atoms with E-state index < -0.39 is 0 Å². The van der Waals surface area contributed by atoms with Crippen LogP contribution in [0, 0.1) is 26.2 Å². The van der Waals surface area contributed by atoms with Crippen molar-refractivity contribution in [2.75, 3.05) is 31.1 Å². The zero-order valence-electron chi connectivity index (χ0n) is 15.6. The van der Waals surface area contributed by atoms with Crippen LogP contribution in [0.5, 0.6) is 0 Å². The highest BCUT2D eigenvalue weighted by Crippen LogP contribution is 2.40. The van der Waals surface area contributed by atoms with Crippen LogP contribution in [-0.4, -0.2) is 41.3 Å². The van der Waals surface area contributed by atoms with Gasteiger partial charge in [-0.1, -0.05) is 0 Å². The SMILES string of the molecule is Cc1ccc(N2CCC[C@]3(CCN(Cc4cc(C)c(C)o4)C3)C2)nn1. The Hall–Kier alpha value is -1.88. The van der Waals surface area contributed by atoms with Crippen LogP contribution in [0.4, 0.5) is 5.82 Å². The summed E-state index contributed by atoms with van der Waals surface area (Å²) < 4.78 is 5.88. The number of likely N-dealkylation sites (tertiary alicyclic amines) is 1. The van der Waals surface area contributed by atoms with Gasteiger partial charge in [0.25, 0.3) is 0 Å². The number of aromatic nitrogens is 2. The topological polar surface area (TPSA) is 45.4 Å². The van der Waals surface area contributed by atoms with Gasteiger partial charge < -0.3 is 9.32 Å². The number of aryl methyl sites for hydroxylation is 3. The van der Waals surface area contributed by atoms with E-state index in [1.807, 2.05) is 13.8 Å². The standard InChI is InChI=1S/C20H28N4O/c1-15-11-18(25-17(15)3)12-23-10-8-20(13-23)7-4-9-24(14-20)19-6-5-16(2)21-22-19/h5-6,11H,4,7-10,12-14H2,1-3H3/t20-/m1/s1. The van der Waals surface area contributed by atoms with Crippen molar-refractivity contribution in [2.45, 2.75) is 46.6 Å². The van der Waals surface area contributed by atoms with Gasteiger partial charge in [0.2, 0.25) is 0 Å². The molecule has 0 aromatic carbocycles. The molecule has 2 aliphatic rings. The van der Waals surface area contributed by atoms with Crippen LogP contribution in [0.15, 0.2) is 22.6 Å². The van der Waals surface area contributed by atoms with E-state index in [2.05, 4.69) is 45.1 Å². The molecule has 1 spiro atoms. The van der Waals surface area contributed by atoms with E-state index in [0.29, 0.717) is 5.41 Å². The van der Waals surface area contributed by atoms with Crippen LogP contribution in [0.3, 0.4) is 0 Å². The molecule has 2 aromatic rings. The van der Waals surface area contributed by atoms with Crippen LogP contribution in [-0.2, 0) is 6.54 Å². The summed E-state index contributed by atoms with van der Waals surface area (Å²) in [4.78, 5) is 4.99. The van der Waals surface area contributed by atoms with Gasteiger partial charge in [0.1, 0.15) is 11.5 Å². The molecule has 1 atom stereocenters. The predicted octanol–water partition coefficient (Wildman–Crippen LogP) is 3.49. The molecule has 0 bridgehead atoms. The van der Waals surface area contributed by atoms with Gasteiger partial charge in [-0.3, -0.25) is 4.90 Å². The smallest absolute Gasteiger partial charge is 0.151 e. The van der Waals surface area contributed by atoms with Crippen molar-refractivity contribution in [3.8, 4) is 0 Å². The summed E-state index contributed by atoms with van der Waals surface area (Å²) in [5.41, 5.74) is 2.62. The molecule has 0 unspecified atom stereocenters. The van der Waals surface area contributed by atoms with E-state index in [9.17, 15) is 0 Å². The number of hydrogen-bond donors (Lipinski definition) is 0. The maximum Gasteiger partial charge on any atom is 0.151 e. The van der Waals surface area contributed by atoms with Crippen molar-refractivity contribution < 1.29 is 4.42 Å². The van der Waals surface area contributed by atoms with E-state index in [4.69, 9.17) is 4.42 Å². The van der Waals surface area contributed by atoms with Crippen LogP contribution in [0.1, 0.15) is 42.0 Å².